The van der Waals surface area contributed by atoms with E-state index in [1.54, 1.807) is 13.8 Å². The van der Waals surface area contributed by atoms with Crippen LogP contribution in [0.1, 0.15) is 34.6 Å². The first-order valence-electron chi connectivity index (χ1n) is 3.80. The minimum absolute atomic E-state index is 0.314. The quantitative estimate of drug-likeness (QED) is 0.557. The molecular formula is C8H16B2O. The second-order valence-corrected chi connectivity index (χ2v) is 4.68. The Kier molecular flexibility index (Phi) is 2.57. The number of aliphatic hydroxyl groups is 1. The van der Waals surface area contributed by atoms with Crippen molar-refractivity contribution >= 4 is 15.7 Å². The van der Waals surface area contributed by atoms with Crippen LogP contribution in [0.2, 0.25) is 5.21 Å². The van der Waals surface area contributed by atoms with Gasteiger partial charge in [-0.05, 0) is 19.3 Å². The van der Waals surface area contributed by atoms with Crippen molar-refractivity contribution in [3.63, 3.8) is 0 Å². The van der Waals surface area contributed by atoms with Gasteiger partial charge in [-0.3, -0.25) is 0 Å². The fraction of sp³-hybridized carbons (Fsp3) is 1.00. The largest absolute Gasteiger partial charge is 0.391 e. The van der Waals surface area contributed by atoms with Gasteiger partial charge in [-0.15, -0.1) is 0 Å². The smallest absolute Gasteiger partial charge is 0.0665 e. The first kappa shape index (κ1) is 11.1. The lowest BCUT2D eigenvalue weighted by Gasteiger charge is -2.48. The Morgan fingerprint density at radius 2 is 1.18 bits per heavy atom. The van der Waals surface area contributed by atoms with Gasteiger partial charge in [-0.25, -0.2) is 0 Å². The molecule has 60 valence electrons. The van der Waals surface area contributed by atoms with Gasteiger partial charge < -0.3 is 5.11 Å². The number of hydrogen-bond donors (Lipinski definition) is 1. The van der Waals surface area contributed by atoms with Crippen LogP contribution in [0.15, 0.2) is 0 Å². The predicted octanol–water partition coefficient (Wildman–Crippen LogP) is 1.26. The molecule has 1 N–H and O–H groups in total. The summed E-state index contributed by atoms with van der Waals surface area (Å²) in [5.74, 6) is 0. The number of hydrogen-bond acceptors (Lipinski definition) is 1. The Labute approximate surface area is 72.4 Å². The summed E-state index contributed by atoms with van der Waals surface area (Å²) in [5.41, 5.74) is -1.38. The summed E-state index contributed by atoms with van der Waals surface area (Å²) >= 11 is 0. The molecule has 0 saturated heterocycles. The summed E-state index contributed by atoms with van der Waals surface area (Å²) < 4.78 is 0. The normalized spacial score (nSPS) is 15.1. The molecule has 3 heteroatoms. The zero-order valence-corrected chi connectivity index (χ0v) is 8.10. The van der Waals surface area contributed by atoms with Gasteiger partial charge in [0.25, 0.3) is 0 Å². The van der Waals surface area contributed by atoms with Gasteiger partial charge in [0.2, 0.25) is 0 Å². The molecule has 0 aliphatic carbocycles. The molecule has 0 spiro atoms. The van der Waals surface area contributed by atoms with E-state index in [4.69, 9.17) is 15.7 Å². The van der Waals surface area contributed by atoms with Crippen LogP contribution in [0.3, 0.4) is 0 Å². The Morgan fingerprint density at radius 3 is 1.18 bits per heavy atom. The van der Waals surface area contributed by atoms with E-state index in [1.807, 2.05) is 20.8 Å². The molecule has 0 aromatic heterocycles. The van der Waals surface area contributed by atoms with Crippen LogP contribution in [0.4, 0.5) is 0 Å². The van der Waals surface area contributed by atoms with E-state index < -0.39 is 10.8 Å². The van der Waals surface area contributed by atoms with Crippen LogP contribution in [0.5, 0.6) is 0 Å². The van der Waals surface area contributed by atoms with Gasteiger partial charge in [0.1, 0.15) is 0 Å². The SMILES string of the molecule is [B]C([B])(C(C)(C)C)C(C)(C)O. The van der Waals surface area contributed by atoms with Crippen LogP contribution >= 0.6 is 0 Å². The average Bonchev–Trinajstić information content (AvgIpc) is 1.58. The van der Waals surface area contributed by atoms with E-state index in [1.165, 1.54) is 0 Å². The molecular weight excluding hydrogens is 134 g/mol. The first-order valence-corrected chi connectivity index (χ1v) is 3.80. The molecule has 0 atom stereocenters. The fourth-order valence-corrected chi connectivity index (χ4v) is 0.918. The third kappa shape index (κ3) is 2.02. The molecule has 0 amide bonds. The van der Waals surface area contributed by atoms with E-state index in [0.717, 1.165) is 0 Å². The van der Waals surface area contributed by atoms with Gasteiger partial charge in [0, 0.05) is 0 Å². The van der Waals surface area contributed by atoms with Gasteiger partial charge in [-0.2, -0.15) is 0 Å². The molecule has 0 fully saturated rings. The summed E-state index contributed by atoms with van der Waals surface area (Å²) in [7, 11) is 11.6. The highest BCUT2D eigenvalue weighted by molar-refractivity contribution is 6.41. The van der Waals surface area contributed by atoms with E-state index in [0.29, 0.717) is 0 Å². The lowest BCUT2D eigenvalue weighted by atomic mass is 9.38. The fourth-order valence-electron chi connectivity index (χ4n) is 0.918. The van der Waals surface area contributed by atoms with E-state index in [-0.39, 0.29) is 5.41 Å². The van der Waals surface area contributed by atoms with Crippen LogP contribution in [-0.2, 0) is 0 Å². The lowest BCUT2D eigenvalue weighted by molar-refractivity contribution is 0.0195. The second-order valence-electron chi connectivity index (χ2n) is 4.68. The molecule has 4 radical (unpaired) electrons. The Morgan fingerprint density at radius 1 is 0.909 bits per heavy atom. The van der Waals surface area contributed by atoms with E-state index in [9.17, 15) is 5.11 Å². The highest BCUT2D eigenvalue weighted by Gasteiger charge is 2.42. The summed E-state index contributed by atoms with van der Waals surface area (Å²) in [6.45, 7) is 8.97. The molecule has 0 aliphatic rings. The molecule has 0 aliphatic heterocycles. The van der Waals surface area contributed by atoms with Crippen molar-refractivity contribution in [1.82, 2.24) is 0 Å². The third-order valence-corrected chi connectivity index (χ3v) is 2.25. The van der Waals surface area contributed by atoms with Crippen molar-refractivity contribution in [2.45, 2.75) is 45.4 Å². The first-order chi connectivity index (χ1) is 4.50. The molecule has 0 heterocycles. The van der Waals surface area contributed by atoms with Crippen molar-refractivity contribution < 1.29 is 5.11 Å². The monoisotopic (exact) mass is 150 g/mol. The molecule has 0 bridgehead atoms. The van der Waals surface area contributed by atoms with Crippen LogP contribution in [-0.4, -0.2) is 26.4 Å². The van der Waals surface area contributed by atoms with Crippen molar-refractivity contribution in [3.05, 3.63) is 0 Å². The highest BCUT2D eigenvalue weighted by atomic mass is 16.3. The maximum absolute atomic E-state index is 9.63. The second kappa shape index (κ2) is 2.55. The molecule has 0 aromatic rings. The minimum Gasteiger partial charge on any atom is -0.391 e. The van der Waals surface area contributed by atoms with Crippen molar-refractivity contribution in [2.75, 3.05) is 0 Å². The molecule has 0 aromatic carbocycles. The van der Waals surface area contributed by atoms with Crippen molar-refractivity contribution in [2.24, 2.45) is 5.41 Å². The van der Waals surface area contributed by atoms with Gasteiger partial charge >= 0.3 is 0 Å². The molecule has 0 rings (SSSR count). The zero-order chi connectivity index (χ0) is 9.50. The predicted molar refractivity (Wildman–Crippen MR) is 50.0 cm³/mol. The van der Waals surface area contributed by atoms with Gasteiger partial charge in [0.15, 0.2) is 0 Å². The standard InChI is InChI=1S/C8H16B2O/c1-6(2,3)8(9,10)7(4,5)11/h11H,1-5H3. The lowest BCUT2D eigenvalue weighted by Crippen LogP contribution is -2.47. The maximum atomic E-state index is 9.63. The average molecular weight is 150 g/mol. The number of rotatable bonds is 1. The van der Waals surface area contributed by atoms with E-state index >= 15 is 0 Å². The Hall–Kier alpha value is 0.0899. The van der Waals surface area contributed by atoms with Gasteiger partial charge in [-0.1, -0.05) is 26.0 Å². The van der Waals surface area contributed by atoms with Crippen LogP contribution in [0, 0.1) is 5.41 Å². The third-order valence-electron chi connectivity index (χ3n) is 2.25. The van der Waals surface area contributed by atoms with Crippen molar-refractivity contribution in [3.8, 4) is 0 Å². The maximum Gasteiger partial charge on any atom is 0.0665 e. The topological polar surface area (TPSA) is 20.2 Å². The summed E-state index contributed by atoms with van der Waals surface area (Å²) in [6, 6.07) is 0. The molecule has 11 heavy (non-hydrogen) atoms. The molecule has 0 unspecified atom stereocenters. The van der Waals surface area contributed by atoms with E-state index in [2.05, 4.69) is 0 Å². The minimum atomic E-state index is -1.07. The van der Waals surface area contributed by atoms with Crippen LogP contribution in [0.25, 0.3) is 0 Å². The summed E-state index contributed by atoms with van der Waals surface area (Å²) in [5, 5.41) is 8.56. The molecule has 0 saturated carbocycles. The van der Waals surface area contributed by atoms with Crippen molar-refractivity contribution in [1.29, 1.82) is 0 Å². The highest BCUT2D eigenvalue weighted by Crippen LogP contribution is 2.47. The zero-order valence-electron chi connectivity index (χ0n) is 8.10. The summed E-state index contributed by atoms with van der Waals surface area (Å²) in [4.78, 5) is 0. The molecule has 1 nitrogen and oxygen atoms in total. The van der Waals surface area contributed by atoms with Gasteiger partial charge in [0.05, 0.1) is 21.3 Å². The summed E-state index contributed by atoms with van der Waals surface area (Å²) in [6.07, 6.45) is 0. The Bertz CT molecular complexity index is 123. The van der Waals surface area contributed by atoms with Crippen LogP contribution < -0.4 is 0 Å². The Balaban J connectivity index is 4.75.